The van der Waals surface area contributed by atoms with Crippen LogP contribution < -0.4 is 10.2 Å². The molecule has 2 unspecified atom stereocenters. The summed E-state index contributed by atoms with van der Waals surface area (Å²) in [6.07, 6.45) is 2.92. The van der Waals surface area contributed by atoms with E-state index >= 15 is 0 Å². The van der Waals surface area contributed by atoms with Gasteiger partial charge in [-0.25, -0.2) is 0 Å². The molecule has 1 fully saturated rings. The van der Waals surface area contributed by atoms with Crippen molar-refractivity contribution in [1.82, 2.24) is 10.2 Å². The number of likely N-dealkylation sites (N-methyl/N-ethyl adjacent to an activating group) is 1. The maximum Gasteiger partial charge on any atom is 0.223 e. The first-order chi connectivity index (χ1) is 10.6. The number of amides is 1. The highest BCUT2D eigenvalue weighted by atomic mass is 35.5. The fraction of sp³-hybridized carbons (Fsp3) is 0.611. The number of nitrogens with one attached hydrogen (secondary N) is 1. The van der Waals surface area contributed by atoms with E-state index in [0.717, 1.165) is 32.6 Å². The predicted molar refractivity (Wildman–Crippen MR) is 104 cm³/mol. The molecule has 0 aliphatic carbocycles. The summed E-state index contributed by atoms with van der Waals surface area (Å²) in [6.45, 7) is 5.99. The maximum absolute atomic E-state index is 12.7. The van der Waals surface area contributed by atoms with E-state index in [1.807, 2.05) is 0 Å². The van der Waals surface area contributed by atoms with Crippen molar-refractivity contribution in [2.24, 2.45) is 5.92 Å². The van der Waals surface area contributed by atoms with Crippen LogP contribution in [0.5, 0.6) is 0 Å². The van der Waals surface area contributed by atoms with Crippen LogP contribution in [-0.2, 0) is 11.3 Å². The zero-order valence-electron chi connectivity index (χ0n) is 14.5. The van der Waals surface area contributed by atoms with Crippen molar-refractivity contribution in [3.8, 4) is 0 Å². The summed E-state index contributed by atoms with van der Waals surface area (Å²) in [5.74, 6) is 0.991. The zero-order chi connectivity index (χ0) is 15.5. The highest BCUT2D eigenvalue weighted by molar-refractivity contribution is 5.85. The monoisotopic (exact) mass is 373 g/mol. The molecule has 2 atom stereocenters. The van der Waals surface area contributed by atoms with Crippen molar-refractivity contribution in [3.63, 3.8) is 0 Å². The molecule has 0 bridgehead atoms. The van der Waals surface area contributed by atoms with Gasteiger partial charge in [0.2, 0.25) is 5.91 Å². The van der Waals surface area contributed by atoms with E-state index < -0.39 is 0 Å². The molecule has 2 aliphatic heterocycles. The summed E-state index contributed by atoms with van der Waals surface area (Å²) in [6, 6.07) is 8.69. The number of rotatable bonds is 3. The largest absolute Gasteiger partial charge is 0.372 e. The molecule has 6 heteroatoms. The van der Waals surface area contributed by atoms with Crippen molar-refractivity contribution in [3.05, 3.63) is 29.8 Å². The van der Waals surface area contributed by atoms with Gasteiger partial charge in [-0.2, -0.15) is 0 Å². The minimum absolute atomic E-state index is 0. The number of carbonyl (C=O) groups excluding carboxylic acids is 1. The summed E-state index contributed by atoms with van der Waals surface area (Å²) in [7, 11) is 2.12. The van der Waals surface area contributed by atoms with Crippen LogP contribution in [0.1, 0.15) is 31.7 Å². The molecule has 0 radical (unpaired) electrons. The quantitative estimate of drug-likeness (QED) is 0.883. The van der Waals surface area contributed by atoms with Gasteiger partial charge in [0.1, 0.15) is 0 Å². The number of hydrogen-bond donors (Lipinski definition) is 1. The van der Waals surface area contributed by atoms with Crippen molar-refractivity contribution >= 4 is 36.4 Å². The second-order valence-corrected chi connectivity index (χ2v) is 6.78. The van der Waals surface area contributed by atoms with Crippen molar-refractivity contribution in [2.45, 2.75) is 38.8 Å². The number of hydrogen-bond acceptors (Lipinski definition) is 3. The maximum atomic E-state index is 12.7. The summed E-state index contributed by atoms with van der Waals surface area (Å²) >= 11 is 0. The second kappa shape index (κ2) is 9.50. The van der Waals surface area contributed by atoms with Crippen LogP contribution in [0.15, 0.2) is 24.3 Å². The fourth-order valence-electron chi connectivity index (χ4n) is 3.72. The average molecular weight is 374 g/mol. The Labute approximate surface area is 157 Å². The van der Waals surface area contributed by atoms with E-state index in [2.05, 4.69) is 53.4 Å². The van der Waals surface area contributed by atoms with Gasteiger partial charge in [0.25, 0.3) is 0 Å². The first-order valence-corrected chi connectivity index (χ1v) is 8.44. The number of para-hydroxylation sites is 1. The number of nitrogens with zero attached hydrogens (tertiary/aromatic N) is 2. The zero-order valence-corrected chi connectivity index (χ0v) is 16.2. The first-order valence-electron chi connectivity index (χ1n) is 8.44. The number of anilines is 1. The highest BCUT2D eigenvalue weighted by Gasteiger charge is 2.27. The second-order valence-electron chi connectivity index (χ2n) is 6.78. The van der Waals surface area contributed by atoms with E-state index in [9.17, 15) is 4.79 Å². The van der Waals surface area contributed by atoms with Crippen LogP contribution in [0.4, 0.5) is 5.69 Å². The molecule has 4 nitrogen and oxygen atoms in total. The van der Waals surface area contributed by atoms with Crippen LogP contribution >= 0.6 is 24.8 Å². The van der Waals surface area contributed by atoms with Crippen LogP contribution in [0.3, 0.4) is 0 Å². The molecule has 0 saturated carbocycles. The summed E-state index contributed by atoms with van der Waals surface area (Å²) in [5, 5.41) is 3.38. The minimum atomic E-state index is 0. The predicted octanol–water partition coefficient (Wildman–Crippen LogP) is 3.09. The molecular formula is C18H29Cl2N3O. The Morgan fingerprint density at radius 3 is 2.75 bits per heavy atom. The lowest BCUT2D eigenvalue weighted by Gasteiger charge is -2.29. The fourth-order valence-corrected chi connectivity index (χ4v) is 3.72. The summed E-state index contributed by atoms with van der Waals surface area (Å²) in [5.41, 5.74) is 2.51. The minimum Gasteiger partial charge on any atom is -0.372 e. The Hall–Kier alpha value is -0.970. The van der Waals surface area contributed by atoms with Crippen molar-refractivity contribution < 1.29 is 4.79 Å². The summed E-state index contributed by atoms with van der Waals surface area (Å²) < 4.78 is 0. The average Bonchev–Trinajstić information content (AvgIpc) is 2.99. The molecule has 0 aromatic heterocycles. The third-order valence-corrected chi connectivity index (χ3v) is 5.06. The number of fused-ring (bicyclic) bond motifs is 1. The van der Waals surface area contributed by atoms with E-state index in [1.165, 1.54) is 17.7 Å². The van der Waals surface area contributed by atoms with Gasteiger partial charge in [-0.1, -0.05) is 18.2 Å². The lowest BCUT2D eigenvalue weighted by Crippen LogP contribution is -2.42. The standard InChI is InChI=1S/C18H27N3O.2ClH/c1-14-12-20(2)17-6-4-3-5-16(17)13-21(14)18(22)8-7-15-9-10-19-11-15;;/h3-6,14-15,19H,7-13H2,1-2H3;2*1H. The molecule has 1 amide bonds. The molecule has 136 valence electrons. The Morgan fingerprint density at radius 2 is 2.04 bits per heavy atom. The van der Waals surface area contributed by atoms with E-state index in [-0.39, 0.29) is 30.9 Å². The van der Waals surface area contributed by atoms with E-state index in [1.54, 1.807) is 0 Å². The van der Waals surface area contributed by atoms with Crippen molar-refractivity contribution in [2.75, 3.05) is 31.6 Å². The topological polar surface area (TPSA) is 35.6 Å². The summed E-state index contributed by atoms with van der Waals surface area (Å²) in [4.78, 5) is 17.1. The molecule has 24 heavy (non-hydrogen) atoms. The van der Waals surface area contributed by atoms with Gasteiger partial charge >= 0.3 is 0 Å². The highest BCUT2D eigenvalue weighted by Crippen LogP contribution is 2.27. The molecule has 3 rings (SSSR count). The van der Waals surface area contributed by atoms with Crippen LogP contribution in [-0.4, -0.2) is 43.5 Å². The van der Waals surface area contributed by atoms with Gasteiger partial charge in [-0.3, -0.25) is 4.79 Å². The third-order valence-electron chi connectivity index (χ3n) is 5.06. The molecule has 1 aromatic carbocycles. The Bertz CT molecular complexity index is 535. The third kappa shape index (κ3) is 4.78. The van der Waals surface area contributed by atoms with E-state index in [0.29, 0.717) is 18.2 Å². The van der Waals surface area contributed by atoms with Crippen LogP contribution in [0.25, 0.3) is 0 Å². The Morgan fingerprint density at radius 1 is 1.29 bits per heavy atom. The van der Waals surface area contributed by atoms with Gasteiger partial charge in [0.15, 0.2) is 0 Å². The van der Waals surface area contributed by atoms with Crippen molar-refractivity contribution in [1.29, 1.82) is 0 Å². The van der Waals surface area contributed by atoms with Gasteiger partial charge in [0, 0.05) is 38.3 Å². The van der Waals surface area contributed by atoms with Gasteiger partial charge in [-0.15, -0.1) is 24.8 Å². The number of carbonyl (C=O) groups is 1. The van der Waals surface area contributed by atoms with Gasteiger partial charge in [-0.05, 0) is 50.4 Å². The molecule has 2 heterocycles. The van der Waals surface area contributed by atoms with Gasteiger partial charge < -0.3 is 15.1 Å². The Balaban J connectivity index is 0.00000144. The SMILES string of the molecule is CC1CN(C)c2ccccc2CN1C(=O)CCC1CCNC1.Cl.Cl. The molecule has 2 aliphatic rings. The van der Waals surface area contributed by atoms with E-state index in [4.69, 9.17) is 0 Å². The molecule has 1 saturated heterocycles. The lowest BCUT2D eigenvalue weighted by atomic mass is 10.0. The van der Waals surface area contributed by atoms with Crippen LogP contribution in [0.2, 0.25) is 0 Å². The van der Waals surface area contributed by atoms with Crippen LogP contribution in [0, 0.1) is 5.92 Å². The Kier molecular flexibility index (Phi) is 8.34. The van der Waals surface area contributed by atoms with Gasteiger partial charge in [0.05, 0.1) is 0 Å². The molecule has 0 spiro atoms. The molecule has 1 N–H and O–H groups in total. The normalized spacial score (nSPS) is 22.9. The molecule has 1 aromatic rings. The smallest absolute Gasteiger partial charge is 0.223 e. The first kappa shape index (κ1) is 21.1. The number of benzene rings is 1. The molecular weight excluding hydrogens is 345 g/mol. The number of halogens is 2. The lowest BCUT2D eigenvalue weighted by molar-refractivity contribution is -0.133.